The lowest BCUT2D eigenvalue weighted by molar-refractivity contribution is -0.0734. The minimum absolute atomic E-state index is 0.110. The average Bonchev–Trinajstić information content (AvgIpc) is 2.46. The minimum atomic E-state index is -0.851. The van der Waals surface area contributed by atoms with Gasteiger partial charge in [0.1, 0.15) is 0 Å². The molecule has 1 saturated heterocycles. The first-order chi connectivity index (χ1) is 9.95. The van der Waals surface area contributed by atoms with Crippen LogP contribution in [0, 0.1) is 6.92 Å². The van der Waals surface area contributed by atoms with Gasteiger partial charge in [0.2, 0.25) is 0 Å². The molecule has 1 aromatic carbocycles. The normalized spacial score (nSPS) is 17.3. The number of aliphatic hydroxyl groups is 1. The van der Waals surface area contributed by atoms with Crippen LogP contribution in [0.3, 0.4) is 0 Å². The maximum absolute atomic E-state index is 12.4. The van der Waals surface area contributed by atoms with Gasteiger partial charge in [-0.1, -0.05) is 0 Å². The van der Waals surface area contributed by atoms with Gasteiger partial charge < -0.3 is 20.2 Å². The molecule has 1 aromatic rings. The quantitative estimate of drug-likeness (QED) is 0.567. The molecule has 0 aromatic heterocycles. The zero-order chi connectivity index (χ0) is 15.5. The van der Waals surface area contributed by atoms with E-state index < -0.39 is 5.60 Å². The molecule has 1 heterocycles. The van der Waals surface area contributed by atoms with Crippen molar-refractivity contribution in [3.05, 3.63) is 29.3 Å². The summed E-state index contributed by atoms with van der Waals surface area (Å²) in [5, 5.41) is 10.5. The summed E-state index contributed by atoms with van der Waals surface area (Å²) < 4.78 is 5.25. The largest absolute Gasteiger partial charge is 0.388 e. The van der Waals surface area contributed by atoms with Gasteiger partial charge in [0, 0.05) is 45.2 Å². The van der Waals surface area contributed by atoms with Crippen molar-refractivity contribution in [3.63, 3.8) is 0 Å². The van der Waals surface area contributed by atoms with Crippen molar-refractivity contribution in [2.45, 2.75) is 25.4 Å². The second kappa shape index (κ2) is 6.43. The van der Waals surface area contributed by atoms with Gasteiger partial charge in [-0.3, -0.25) is 10.6 Å². The summed E-state index contributed by atoms with van der Waals surface area (Å²) in [6.45, 7) is 3.27. The Morgan fingerprint density at radius 3 is 2.71 bits per heavy atom. The van der Waals surface area contributed by atoms with Crippen LogP contribution in [0.25, 0.3) is 0 Å². The van der Waals surface area contributed by atoms with Gasteiger partial charge in [-0.15, -0.1) is 0 Å². The molecule has 0 atom stereocenters. The van der Waals surface area contributed by atoms with Crippen LogP contribution >= 0.6 is 0 Å². The van der Waals surface area contributed by atoms with Crippen molar-refractivity contribution in [1.82, 2.24) is 4.90 Å². The van der Waals surface area contributed by atoms with Crippen molar-refractivity contribution in [2.75, 3.05) is 32.2 Å². The molecule has 0 aliphatic carbocycles. The lowest BCUT2D eigenvalue weighted by Gasteiger charge is -2.35. The van der Waals surface area contributed by atoms with Gasteiger partial charge in [0.05, 0.1) is 11.3 Å². The molecule has 0 spiro atoms. The van der Waals surface area contributed by atoms with E-state index in [1.807, 2.05) is 6.92 Å². The number of nitrogens with zero attached hydrogens (tertiary/aromatic N) is 1. The molecule has 116 valence electrons. The van der Waals surface area contributed by atoms with Crippen molar-refractivity contribution < 1.29 is 14.6 Å². The summed E-state index contributed by atoms with van der Waals surface area (Å²) in [6.07, 6.45) is 1.11. The highest BCUT2D eigenvalue weighted by molar-refractivity contribution is 5.94. The van der Waals surface area contributed by atoms with Crippen LogP contribution in [0.1, 0.15) is 28.8 Å². The number of carbonyl (C=O) groups is 1. The summed E-state index contributed by atoms with van der Waals surface area (Å²) in [7, 11) is 1.71. The summed E-state index contributed by atoms with van der Waals surface area (Å²) in [5.41, 5.74) is 4.01. The fourth-order valence-corrected chi connectivity index (χ4v) is 2.60. The summed E-state index contributed by atoms with van der Waals surface area (Å²) in [4.78, 5) is 14.0. The fraction of sp³-hybridized carbons (Fsp3) is 0.533. The second-order valence-corrected chi connectivity index (χ2v) is 5.67. The summed E-state index contributed by atoms with van der Waals surface area (Å²) in [5.74, 6) is 5.28. The fourth-order valence-electron chi connectivity index (χ4n) is 2.60. The topological polar surface area (TPSA) is 87.8 Å². The van der Waals surface area contributed by atoms with E-state index in [-0.39, 0.29) is 5.91 Å². The smallest absolute Gasteiger partial charge is 0.253 e. The molecule has 6 heteroatoms. The maximum Gasteiger partial charge on any atom is 0.253 e. The molecule has 4 N–H and O–H groups in total. The number of anilines is 1. The van der Waals surface area contributed by atoms with Crippen LogP contribution in [0.15, 0.2) is 18.2 Å². The monoisotopic (exact) mass is 293 g/mol. The van der Waals surface area contributed by atoms with Crippen molar-refractivity contribution >= 4 is 11.6 Å². The number of nitrogen functional groups attached to an aromatic ring is 1. The first kappa shape index (κ1) is 15.8. The minimum Gasteiger partial charge on any atom is -0.388 e. The number of likely N-dealkylation sites (N-methyl/N-ethyl adjacent to an activating group) is 1. The molecule has 1 fully saturated rings. The third kappa shape index (κ3) is 3.72. The van der Waals surface area contributed by atoms with E-state index in [1.165, 1.54) is 0 Å². The molecular formula is C15H23N3O3. The highest BCUT2D eigenvalue weighted by Gasteiger charge is 2.32. The second-order valence-electron chi connectivity index (χ2n) is 5.67. The van der Waals surface area contributed by atoms with Crippen LogP contribution in [0.2, 0.25) is 0 Å². The van der Waals surface area contributed by atoms with Crippen molar-refractivity contribution in [3.8, 4) is 0 Å². The molecule has 2 rings (SSSR count). The number of benzene rings is 1. The standard InChI is InChI=1S/C15H23N3O3/c1-11-9-12(3-4-13(11)17-16)14(19)18(2)10-15(20)5-7-21-8-6-15/h3-4,9,17,20H,5-8,10,16H2,1-2H3. The van der Waals surface area contributed by atoms with Gasteiger partial charge in [-0.2, -0.15) is 0 Å². The Labute approximate surface area is 124 Å². The summed E-state index contributed by atoms with van der Waals surface area (Å²) >= 11 is 0. The van der Waals surface area contributed by atoms with E-state index in [4.69, 9.17) is 10.6 Å². The van der Waals surface area contributed by atoms with E-state index in [9.17, 15) is 9.90 Å². The number of rotatable bonds is 4. The molecule has 1 aliphatic heterocycles. The lowest BCUT2D eigenvalue weighted by atomic mass is 9.93. The number of carbonyl (C=O) groups excluding carboxylic acids is 1. The maximum atomic E-state index is 12.4. The van der Waals surface area contributed by atoms with E-state index in [1.54, 1.807) is 30.1 Å². The zero-order valence-electron chi connectivity index (χ0n) is 12.6. The van der Waals surface area contributed by atoms with Crippen LogP contribution in [-0.4, -0.2) is 48.3 Å². The number of amides is 1. The predicted molar refractivity (Wildman–Crippen MR) is 81.0 cm³/mol. The average molecular weight is 293 g/mol. The first-order valence-electron chi connectivity index (χ1n) is 7.08. The number of nitrogens with one attached hydrogen (secondary N) is 1. The Morgan fingerprint density at radius 1 is 1.48 bits per heavy atom. The Hall–Kier alpha value is -1.63. The van der Waals surface area contributed by atoms with Gasteiger partial charge in [-0.05, 0) is 30.7 Å². The lowest BCUT2D eigenvalue weighted by Crippen LogP contribution is -2.47. The van der Waals surface area contributed by atoms with Crippen molar-refractivity contribution in [2.24, 2.45) is 5.84 Å². The number of hydrogen-bond acceptors (Lipinski definition) is 5. The first-order valence-corrected chi connectivity index (χ1v) is 7.08. The SMILES string of the molecule is Cc1cc(C(=O)N(C)CC2(O)CCOCC2)ccc1NN. The van der Waals surface area contributed by atoms with Gasteiger partial charge >= 0.3 is 0 Å². The molecule has 1 amide bonds. The Bertz CT molecular complexity index is 513. The van der Waals surface area contributed by atoms with Gasteiger partial charge in [0.15, 0.2) is 0 Å². The highest BCUT2D eigenvalue weighted by atomic mass is 16.5. The number of hydrogen-bond donors (Lipinski definition) is 3. The number of nitrogens with two attached hydrogens (primary N) is 1. The molecule has 0 unspecified atom stereocenters. The molecule has 21 heavy (non-hydrogen) atoms. The van der Waals surface area contributed by atoms with Crippen LogP contribution in [-0.2, 0) is 4.74 Å². The third-order valence-electron chi connectivity index (χ3n) is 3.93. The van der Waals surface area contributed by atoms with Crippen molar-refractivity contribution in [1.29, 1.82) is 0 Å². The number of hydrazine groups is 1. The Morgan fingerprint density at radius 2 is 2.14 bits per heavy atom. The molecular weight excluding hydrogens is 270 g/mol. The van der Waals surface area contributed by atoms with E-state index in [0.29, 0.717) is 38.2 Å². The number of ether oxygens (including phenoxy) is 1. The van der Waals surface area contributed by atoms with E-state index >= 15 is 0 Å². The van der Waals surface area contributed by atoms with E-state index in [2.05, 4.69) is 5.43 Å². The zero-order valence-corrected chi connectivity index (χ0v) is 12.6. The van der Waals surface area contributed by atoms with E-state index in [0.717, 1.165) is 11.3 Å². The number of aryl methyl sites for hydroxylation is 1. The molecule has 0 radical (unpaired) electrons. The van der Waals surface area contributed by atoms with Crippen LogP contribution < -0.4 is 11.3 Å². The Balaban J connectivity index is 2.06. The summed E-state index contributed by atoms with van der Waals surface area (Å²) in [6, 6.07) is 5.30. The van der Waals surface area contributed by atoms with Gasteiger partial charge in [-0.25, -0.2) is 0 Å². The molecule has 0 bridgehead atoms. The molecule has 0 saturated carbocycles. The third-order valence-corrected chi connectivity index (χ3v) is 3.93. The highest BCUT2D eigenvalue weighted by Crippen LogP contribution is 2.22. The molecule has 6 nitrogen and oxygen atoms in total. The Kier molecular flexibility index (Phi) is 4.82. The predicted octanol–water partition coefficient (Wildman–Crippen LogP) is 0.894. The van der Waals surface area contributed by atoms with Crippen LogP contribution in [0.4, 0.5) is 5.69 Å². The van der Waals surface area contributed by atoms with Gasteiger partial charge in [0.25, 0.3) is 5.91 Å². The van der Waals surface area contributed by atoms with Crippen LogP contribution in [0.5, 0.6) is 0 Å². The molecule has 1 aliphatic rings.